The lowest BCUT2D eigenvalue weighted by atomic mass is 10.2. The summed E-state index contributed by atoms with van der Waals surface area (Å²) in [6.07, 6.45) is 3.18. The Balaban J connectivity index is 1.57. The van der Waals surface area contributed by atoms with Crippen LogP contribution in [0.5, 0.6) is 17.2 Å². The maximum atomic E-state index is 12.3. The Morgan fingerprint density at radius 2 is 1.87 bits per heavy atom. The first-order chi connectivity index (χ1) is 14.7. The molecule has 1 N–H and O–H groups in total. The van der Waals surface area contributed by atoms with Gasteiger partial charge in [-0.2, -0.15) is 0 Å². The van der Waals surface area contributed by atoms with Crippen LogP contribution in [0.4, 0.5) is 0 Å². The molecule has 158 valence electrons. The third-order valence-electron chi connectivity index (χ3n) is 4.39. The zero-order valence-electron chi connectivity index (χ0n) is 17.0. The van der Waals surface area contributed by atoms with Gasteiger partial charge in [0.05, 0.1) is 13.2 Å². The van der Waals surface area contributed by atoms with Crippen LogP contribution in [0.2, 0.25) is 0 Å². The Kier molecular flexibility index (Phi) is 7.71. The fourth-order valence-corrected chi connectivity index (χ4v) is 2.94. The van der Waals surface area contributed by atoms with Gasteiger partial charge in [0.2, 0.25) is 11.8 Å². The van der Waals surface area contributed by atoms with E-state index < -0.39 is 0 Å². The quantitative estimate of drug-likeness (QED) is 0.508. The predicted molar refractivity (Wildman–Crippen MR) is 114 cm³/mol. The molecule has 1 aliphatic heterocycles. The van der Waals surface area contributed by atoms with Gasteiger partial charge in [0.15, 0.2) is 11.5 Å². The second kappa shape index (κ2) is 10.9. The maximum Gasteiger partial charge on any atom is 0.247 e. The summed E-state index contributed by atoms with van der Waals surface area (Å²) in [5.74, 6) is 1.68. The van der Waals surface area contributed by atoms with Gasteiger partial charge in [-0.15, -0.1) is 0 Å². The highest BCUT2D eigenvalue weighted by Crippen LogP contribution is 2.29. The highest BCUT2D eigenvalue weighted by Gasteiger charge is 2.19. The molecule has 1 fully saturated rings. The average Bonchev–Trinajstić information content (AvgIpc) is 2.77. The zero-order chi connectivity index (χ0) is 21.2. The van der Waals surface area contributed by atoms with E-state index in [0.29, 0.717) is 44.4 Å². The van der Waals surface area contributed by atoms with Crippen molar-refractivity contribution in [2.75, 3.05) is 39.5 Å². The van der Waals surface area contributed by atoms with Crippen molar-refractivity contribution in [3.05, 3.63) is 60.2 Å². The first-order valence-electron chi connectivity index (χ1n) is 9.97. The number of benzene rings is 2. The van der Waals surface area contributed by atoms with E-state index in [1.165, 1.54) is 11.0 Å². The number of hydrogen-bond donors (Lipinski definition) is 1. The second-order valence-corrected chi connectivity index (χ2v) is 6.59. The van der Waals surface area contributed by atoms with Crippen molar-refractivity contribution < 1.29 is 23.8 Å². The minimum Gasteiger partial charge on any atom is -0.490 e. The molecule has 1 heterocycles. The van der Waals surface area contributed by atoms with E-state index in [2.05, 4.69) is 5.32 Å². The standard InChI is InChI=1S/C23H26N2O5/c1-2-28-21-16-18(9-11-23(27)25-13-12-24-22(26)17-25)8-10-20(21)30-15-14-29-19-6-4-3-5-7-19/h3-11,16H,2,12-15,17H2,1H3,(H,24,26)/b11-9+. The molecule has 2 aromatic rings. The van der Waals surface area contributed by atoms with Crippen LogP contribution in [0.3, 0.4) is 0 Å². The molecule has 0 atom stereocenters. The largest absolute Gasteiger partial charge is 0.490 e. The second-order valence-electron chi connectivity index (χ2n) is 6.59. The van der Waals surface area contributed by atoms with Crippen molar-refractivity contribution in [1.29, 1.82) is 0 Å². The average molecular weight is 410 g/mol. The monoisotopic (exact) mass is 410 g/mol. The molecular formula is C23H26N2O5. The Morgan fingerprint density at radius 3 is 2.63 bits per heavy atom. The van der Waals surface area contributed by atoms with Crippen LogP contribution in [-0.4, -0.2) is 56.2 Å². The van der Waals surface area contributed by atoms with Crippen molar-refractivity contribution in [3.8, 4) is 17.2 Å². The highest BCUT2D eigenvalue weighted by atomic mass is 16.5. The first-order valence-corrected chi connectivity index (χ1v) is 9.97. The number of piperazine rings is 1. The molecule has 0 unspecified atom stereocenters. The smallest absolute Gasteiger partial charge is 0.247 e. The van der Waals surface area contributed by atoms with Gasteiger partial charge in [-0.25, -0.2) is 0 Å². The highest BCUT2D eigenvalue weighted by molar-refractivity contribution is 5.95. The number of para-hydroxylation sites is 1. The SMILES string of the molecule is CCOc1cc(/C=C/C(=O)N2CCNC(=O)C2)ccc1OCCOc1ccccc1. The topological polar surface area (TPSA) is 77.1 Å². The van der Waals surface area contributed by atoms with E-state index in [9.17, 15) is 9.59 Å². The van der Waals surface area contributed by atoms with E-state index in [1.54, 1.807) is 6.08 Å². The number of nitrogens with zero attached hydrogens (tertiary/aromatic N) is 1. The van der Waals surface area contributed by atoms with Gasteiger partial charge < -0.3 is 24.4 Å². The number of ether oxygens (including phenoxy) is 3. The Morgan fingerprint density at radius 1 is 1.07 bits per heavy atom. The van der Waals surface area contributed by atoms with Gasteiger partial charge in [-0.3, -0.25) is 9.59 Å². The fraction of sp³-hybridized carbons (Fsp3) is 0.304. The molecule has 1 saturated heterocycles. The van der Waals surface area contributed by atoms with Gasteiger partial charge >= 0.3 is 0 Å². The fourth-order valence-electron chi connectivity index (χ4n) is 2.94. The van der Waals surface area contributed by atoms with Crippen LogP contribution >= 0.6 is 0 Å². The van der Waals surface area contributed by atoms with Crippen molar-refractivity contribution >= 4 is 17.9 Å². The van der Waals surface area contributed by atoms with Gasteiger partial charge in [-0.05, 0) is 42.8 Å². The molecule has 3 rings (SSSR count). The van der Waals surface area contributed by atoms with Crippen molar-refractivity contribution in [1.82, 2.24) is 10.2 Å². The summed E-state index contributed by atoms with van der Waals surface area (Å²) in [5.41, 5.74) is 0.807. The predicted octanol–water partition coefficient (Wildman–Crippen LogP) is 2.51. The number of rotatable bonds is 9. The molecule has 0 bridgehead atoms. The molecule has 1 aliphatic rings. The van der Waals surface area contributed by atoms with E-state index >= 15 is 0 Å². The van der Waals surface area contributed by atoms with Crippen molar-refractivity contribution in [3.63, 3.8) is 0 Å². The lowest BCUT2D eigenvalue weighted by Crippen LogP contribution is -2.49. The molecule has 7 heteroatoms. The van der Waals surface area contributed by atoms with Crippen LogP contribution in [-0.2, 0) is 9.59 Å². The first kappa shape index (κ1) is 21.2. The molecule has 0 radical (unpaired) electrons. The summed E-state index contributed by atoms with van der Waals surface area (Å²) in [4.78, 5) is 25.2. The zero-order valence-corrected chi connectivity index (χ0v) is 17.0. The molecule has 2 amide bonds. The van der Waals surface area contributed by atoms with Crippen LogP contribution in [0.15, 0.2) is 54.6 Å². The van der Waals surface area contributed by atoms with Gasteiger partial charge in [0.25, 0.3) is 0 Å². The molecule has 0 saturated carbocycles. The van der Waals surface area contributed by atoms with Crippen molar-refractivity contribution in [2.24, 2.45) is 0 Å². The van der Waals surface area contributed by atoms with Crippen LogP contribution in [0, 0.1) is 0 Å². The Hall–Kier alpha value is -3.48. The van der Waals surface area contributed by atoms with Crippen molar-refractivity contribution in [2.45, 2.75) is 6.92 Å². The van der Waals surface area contributed by atoms with E-state index in [4.69, 9.17) is 14.2 Å². The lowest BCUT2D eigenvalue weighted by molar-refractivity contribution is -0.134. The summed E-state index contributed by atoms with van der Waals surface area (Å²) >= 11 is 0. The molecule has 2 aromatic carbocycles. The molecule has 30 heavy (non-hydrogen) atoms. The van der Waals surface area contributed by atoms with Gasteiger partial charge in [0, 0.05) is 19.2 Å². The Bertz CT molecular complexity index is 882. The summed E-state index contributed by atoms with van der Waals surface area (Å²) in [5, 5.41) is 2.70. The lowest BCUT2D eigenvalue weighted by Gasteiger charge is -2.25. The molecule has 0 aromatic heterocycles. The number of nitrogens with one attached hydrogen (secondary N) is 1. The van der Waals surface area contributed by atoms with E-state index in [-0.39, 0.29) is 18.4 Å². The van der Waals surface area contributed by atoms with E-state index in [0.717, 1.165) is 11.3 Å². The number of hydrogen-bond acceptors (Lipinski definition) is 5. The third kappa shape index (κ3) is 6.27. The third-order valence-corrected chi connectivity index (χ3v) is 4.39. The Labute approximate surface area is 176 Å². The minimum absolute atomic E-state index is 0.0885. The minimum atomic E-state index is -0.193. The molecule has 7 nitrogen and oxygen atoms in total. The summed E-state index contributed by atoms with van der Waals surface area (Å²) < 4.78 is 17.1. The molecule has 0 aliphatic carbocycles. The summed E-state index contributed by atoms with van der Waals surface area (Å²) in [6, 6.07) is 15.0. The summed E-state index contributed by atoms with van der Waals surface area (Å²) in [7, 11) is 0. The summed E-state index contributed by atoms with van der Waals surface area (Å²) in [6.45, 7) is 4.26. The van der Waals surface area contributed by atoms with E-state index in [1.807, 2.05) is 55.5 Å². The van der Waals surface area contributed by atoms with Crippen LogP contribution in [0.25, 0.3) is 6.08 Å². The molecular weight excluding hydrogens is 384 g/mol. The van der Waals surface area contributed by atoms with Gasteiger partial charge in [-0.1, -0.05) is 24.3 Å². The number of carbonyl (C=O) groups is 2. The van der Waals surface area contributed by atoms with Gasteiger partial charge in [0.1, 0.15) is 19.0 Å². The normalized spacial score (nSPS) is 13.8. The van der Waals surface area contributed by atoms with Crippen LogP contribution in [0.1, 0.15) is 12.5 Å². The number of amides is 2. The molecule has 0 spiro atoms. The van der Waals surface area contributed by atoms with Crippen LogP contribution < -0.4 is 19.5 Å². The number of carbonyl (C=O) groups excluding carboxylic acids is 2. The maximum absolute atomic E-state index is 12.3.